The molecule has 4 rings (SSSR count). The third kappa shape index (κ3) is 3.70. The van der Waals surface area contributed by atoms with E-state index in [9.17, 15) is 0 Å². The summed E-state index contributed by atoms with van der Waals surface area (Å²) in [5, 5.41) is 2.40. The molecule has 0 amide bonds. The van der Waals surface area contributed by atoms with Crippen LogP contribution in [0.1, 0.15) is 32.5 Å². The van der Waals surface area contributed by atoms with E-state index in [0.717, 1.165) is 35.4 Å². The number of allylic oxidation sites excluding steroid dienone is 2. The Morgan fingerprint density at radius 1 is 0.714 bits per heavy atom. The molecule has 0 bridgehead atoms. The van der Waals surface area contributed by atoms with Crippen LogP contribution in [0.15, 0.2) is 78.9 Å². The third-order valence-corrected chi connectivity index (χ3v) is 4.79. The number of fused-ring (bicyclic) bond motifs is 1. The van der Waals surface area contributed by atoms with E-state index in [-0.39, 0.29) is 0 Å². The zero-order valence-corrected chi connectivity index (χ0v) is 16.3. The van der Waals surface area contributed by atoms with Gasteiger partial charge in [-0.05, 0) is 35.3 Å². The first-order valence-electron chi connectivity index (χ1n) is 9.78. The van der Waals surface area contributed by atoms with Gasteiger partial charge in [0.25, 0.3) is 0 Å². The molecule has 138 valence electrons. The van der Waals surface area contributed by atoms with Crippen molar-refractivity contribution in [2.75, 3.05) is 0 Å². The molecular weight excluding hydrogens is 342 g/mol. The van der Waals surface area contributed by atoms with Crippen molar-refractivity contribution in [2.24, 2.45) is 0 Å². The van der Waals surface area contributed by atoms with Crippen LogP contribution in [-0.4, -0.2) is 15.0 Å². The Morgan fingerprint density at radius 2 is 1.39 bits per heavy atom. The summed E-state index contributed by atoms with van der Waals surface area (Å²) in [7, 11) is 0. The van der Waals surface area contributed by atoms with Crippen molar-refractivity contribution in [3.05, 3.63) is 84.7 Å². The van der Waals surface area contributed by atoms with E-state index in [4.69, 9.17) is 15.0 Å². The molecule has 0 radical (unpaired) electrons. The van der Waals surface area contributed by atoms with Crippen LogP contribution in [0.3, 0.4) is 0 Å². The van der Waals surface area contributed by atoms with Crippen LogP contribution in [0, 0.1) is 0 Å². The number of aromatic nitrogens is 3. The van der Waals surface area contributed by atoms with Crippen molar-refractivity contribution < 1.29 is 0 Å². The topological polar surface area (TPSA) is 38.7 Å². The minimum Gasteiger partial charge on any atom is -0.209 e. The van der Waals surface area contributed by atoms with Gasteiger partial charge >= 0.3 is 0 Å². The molecule has 3 heteroatoms. The largest absolute Gasteiger partial charge is 0.209 e. The SMILES string of the molecule is CC/C=C(\CC)c1nc(-c2ccccc2)nc(-c2ccc3ccccc3c2)n1. The molecule has 0 spiro atoms. The van der Waals surface area contributed by atoms with Crippen LogP contribution in [0.4, 0.5) is 0 Å². The molecule has 0 aliphatic carbocycles. The summed E-state index contributed by atoms with van der Waals surface area (Å²) < 4.78 is 0. The predicted molar refractivity (Wildman–Crippen MR) is 117 cm³/mol. The highest BCUT2D eigenvalue weighted by molar-refractivity contribution is 5.86. The monoisotopic (exact) mass is 365 g/mol. The Morgan fingerprint density at radius 3 is 2.11 bits per heavy atom. The Hall–Kier alpha value is -3.33. The average molecular weight is 365 g/mol. The fourth-order valence-corrected chi connectivity index (χ4v) is 3.33. The van der Waals surface area contributed by atoms with E-state index in [1.165, 1.54) is 10.8 Å². The lowest BCUT2D eigenvalue weighted by Crippen LogP contribution is -2.02. The van der Waals surface area contributed by atoms with Crippen LogP contribution in [0.25, 0.3) is 39.1 Å². The Bertz CT molecular complexity index is 1130. The number of rotatable bonds is 5. The average Bonchev–Trinajstić information content (AvgIpc) is 2.77. The molecule has 1 heterocycles. The first kappa shape index (κ1) is 18.1. The van der Waals surface area contributed by atoms with E-state index in [2.05, 4.69) is 62.4 Å². The zero-order valence-electron chi connectivity index (χ0n) is 16.3. The van der Waals surface area contributed by atoms with E-state index in [0.29, 0.717) is 11.6 Å². The summed E-state index contributed by atoms with van der Waals surface area (Å²) in [5.74, 6) is 2.19. The van der Waals surface area contributed by atoms with E-state index in [1.807, 2.05) is 30.3 Å². The van der Waals surface area contributed by atoms with E-state index >= 15 is 0 Å². The van der Waals surface area contributed by atoms with E-state index < -0.39 is 0 Å². The summed E-state index contributed by atoms with van der Waals surface area (Å²) in [6, 6.07) is 24.8. The molecule has 0 atom stereocenters. The van der Waals surface area contributed by atoms with Gasteiger partial charge in [0.1, 0.15) is 0 Å². The van der Waals surface area contributed by atoms with Gasteiger partial charge in [0.15, 0.2) is 17.5 Å². The van der Waals surface area contributed by atoms with Gasteiger partial charge in [-0.25, -0.2) is 15.0 Å². The summed E-state index contributed by atoms with van der Waals surface area (Å²) in [6.07, 6.45) is 4.05. The van der Waals surface area contributed by atoms with Gasteiger partial charge in [0, 0.05) is 11.1 Å². The summed E-state index contributed by atoms with van der Waals surface area (Å²) in [5.41, 5.74) is 3.16. The second-order valence-corrected chi connectivity index (χ2v) is 6.73. The van der Waals surface area contributed by atoms with Crippen LogP contribution < -0.4 is 0 Å². The fraction of sp³-hybridized carbons (Fsp3) is 0.160. The van der Waals surface area contributed by atoms with Gasteiger partial charge in [-0.15, -0.1) is 0 Å². The van der Waals surface area contributed by atoms with Crippen molar-refractivity contribution in [2.45, 2.75) is 26.7 Å². The molecule has 0 saturated heterocycles. The maximum atomic E-state index is 4.84. The van der Waals surface area contributed by atoms with Crippen molar-refractivity contribution in [1.29, 1.82) is 0 Å². The molecular formula is C25H23N3. The van der Waals surface area contributed by atoms with Crippen LogP contribution in [0.2, 0.25) is 0 Å². The molecule has 0 fully saturated rings. The number of hydrogen-bond donors (Lipinski definition) is 0. The van der Waals surface area contributed by atoms with Gasteiger partial charge in [-0.2, -0.15) is 0 Å². The Labute approximate surface area is 165 Å². The van der Waals surface area contributed by atoms with E-state index in [1.54, 1.807) is 0 Å². The highest BCUT2D eigenvalue weighted by Crippen LogP contribution is 2.26. The molecule has 0 saturated carbocycles. The quantitative estimate of drug-likeness (QED) is 0.402. The van der Waals surface area contributed by atoms with Gasteiger partial charge in [0.2, 0.25) is 0 Å². The zero-order chi connectivity index (χ0) is 19.3. The number of hydrogen-bond acceptors (Lipinski definition) is 3. The van der Waals surface area contributed by atoms with Crippen LogP contribution in [0.5, 0.6) is 0 Å². The minimum absolute atomic E-state index is 0.712. The lowest BCUT2D eigenvalue weighted by Gasteiger charge is -2.10. The summed E-state index contributed by atoms with van der Waals surface area (Å²) in [6.45, 7) is 4.28. The van der Waals surface area contributed by atoms with Crippen molar-refractivity contribution in [3.63, 3.8) is 0 Å². The van der Waals surface area contributed by atoms with Gasteiger partial charge in [-0.3, -0.25) is 0 Å². The highest BCUT2D eigenvalue weighted by Gasteiger charge is 2.13. The second-order valence-electron chi connectivity index (χ2n) is 6.73. The molecule has 3 aromatic carbocycles. The molecule has 0 aliphatic rings. The van der Waals surface area contributed by atoms with Gasteiger partial charge < -0.3 is 0 Å². The standard InChI is InChI=1S/C25H23N3/c1-3-10-18(4-2)23-26-24(20-12-6-5-7-13-20)28-25(27-23)22-16-15-19-11-8-9-14-21(19)17-22/h5-17H,3-4H2,1-2H3/b18-10+. The lowest BCUT2D eigenvalue weighted by molar-refractivity contribution is 1.01. The van der Waals surface area contributed by atoms with Crippen molar-refractivity contribution in [1.82, 2.24) is 15.0 Å². The Balaban J connectivity index is 1.91. The smallest absolute Gasteiger partial charge is 0.164 e. The molecule has 4 aromatic rings. The summed E-state index contributed by atoms with van der Waals surface area (Å²) >= 11 is 0. The molecule has 1 aromatic heterocycles. The third-order valence-electron chi connectivity index (χ3n) is 4.79. The predicted octanol–water partition coefficient (Wildman–Crippen LogP) is 6.56. The molecule has 0 N–H and O–H groups in total. The van der Waals surface area contributed by atoms with Gasteiger partial charge in [-0.1, -0.05) is 86.7 Å². The molecule has 0 aliphatic heterocycles. The second kappa shape index (κ2) is 8.13. The number of benzene rings is 3. The number of nitrogens with zero attached hydrogens (tertiary/aromatic N) is 3. The minimum atomic E-state index is 0.712. The molecule has 3 nitrogen and oxygen atoms in total. The Kier molecular flexibility index (Phi) is 5.24. The lowest BCUT2D eigenvalue weighted by atomic mass is 10.1. The maximum Gasteiger partial charge on any atom is 0.164 e. The first-order chi connectivity index (χ1) is 13.8. The molecule has 28 heavy (non-hydrogen) atoms. The molecule has 0 unspecified atom stereocenters. The highest BCUT2D eigenvalue weighted by atomic mass is 15.0. The van der Waals surface area contributed by atoms with Crippen LogP contribution in [-0.2, 0) is 0 Å². The fourth-order valence-electron chi connectivity index (χ4n) is 3.33. The first-order valence-corrected chi connectivity index (χ1v) is 9.78. The van der Waals surface area contributed by atoms with Crippen molar-refractivity contribution in [3.8, 4) is 22.8 Å². The van der Waals surface area contributed by atoms with Crippen molar-refractivity contribution >= 4 is 16.3 Å². The normalized spacial score (nSPS) is 11.7. The van der Waals surface area contributed by atoms with Crippen LogP contribution >= 0.6 is 0 Å². The summed E-state index contributed by atoms with van der Waals surface area (Å²) in [4.78, 5) is 14.4. The maximum absolute atomic E-state index is 4.84. The van der Waals surface area contributed by atoms with Gasteiger partial charge in [0.05, 0.1) is 0 Å².